The molecule has 0 unspecified atom stereocenters. The van der Waals surface area contributed by atoms with E-state index in [0.29, 0.717) is 17.5 Å². The third-order valence-corrected chi connectivity index (χ3v) is 8.38. The summed E-state index contributed by atoms with van der Waals surface area (Å²) in [5.74, 6) is 1.86. The monoisotopic (exact) mass is 579 g/mol. The SMILES string of the molecule is Cc1ccc(-c2nc(-c3ccccc3)nc(-c3ccc4c(c3)oc3ccc(-n5c6ccccc6c6cccnc65)cc34)n2)cc1. The number of furan rings is 1. The smallest absolute Gasteiger partial charge is 0.164 e. The van der Waals surface area contributed by atoms with Crippen LogP contribution in [0.3, 0.4) is 0 Å². The van der Waals surface area contributed by atoms with Crippen LogP contribution in [0.2, 0.25) is 0 Å². The molecule has 0 spiro atoms. The van der Waals surface area contributed by atoms with E-state index < -0.39 is 0 Å². The van der Waals surface area contributed by atoms with Crippen LogP contribution in [0.15, 0.2) is 138 Å². The molecule has 5 aromatic carbocycles. The summed E-state index contributed by atoms with van der Waals surface area (Å²) in [6, 6.07) is 43.3. The lowest BCUT2D eigenvalue weighted by Crippen LogP contribution is -2.00. The molecule has 4 heterocycles. The van der Waals surface area contributed by atoms with Crippen LogP contribution >= 0.6 is 0 Å². The first-order valence-electron chi connectivity index (χ1n) is 14.9. The summed E-state index contributed by atoms with van der Waals surface area (Å²) in [4.78, 5) is 19.4. The molecule has 212 valence electrons. The summed E-state index contributed by atoms with van der Waals surface area (Å²) in [7, 11) is 0. The number of hydrogen-bond donors (Lipinski definition) is 0. The van der Waals surface area contributed by atoms with E-state index in [9.17, 15) is 0 Å². The summed E-state index contributed by atoms with van der Waals surface area (Å²) >= 11 is 0. The number of para-hydroxylation sites is 1. The van der Waals surface area contributed by atoms with Gasteiger partial charge in [-0.1, -0.05) is 84.4 Å². The number of nitrogens with zero attached hydrogens (tertiary/aromatic N) is 5. The van der Waals surface area contributed by atoms with E-state index in [1.165, 1.54) is 10.9 Å². The molecule has 0 aliphatic heterocycles. The van der Waals surface area contributed by atoms with Crippen molar-refractivity contribution in [3.05, 3.63) is 139 Å². The second-order valence-electron chi connectivity index (χ2n) is 11.3. The van der Waals surface area contributed by atoms with Crippen molar-refractivity contribution in [1.29, 1.82) is 0 Å². The minimum atomic E-state index is 0.596. The highest BCUT2D eigenvalue weighted by molar-refractivity contribution is 6.09. The molecule has 0 aliphatic carbocycles. The molecular weight excluding hydrogens is 554 g/mol. The molecule has 4 aromatic heterocycles. The molecule has 0 saturated carbocycles. The zero-order chi connectivity index (χ0) is 29.9. The van der Waals surface area contributed by atoms with Crippen molar-refractivity contribution in [2.75, 3.05) is 0 Å². The molecule has 0 radical (unpaired) electrons. The molecule has 45 heavy (non-hydrogen) atoms. The zero-order valence-electron chi connectivity index (χ0n) is 24.3. The fraction of sp³-hybridized carbons (Fsp3) is 0.0256. The molecule has 0 aliphatic rings. The molecule has 0 N–H and O–H groups in total. The maximum atomic E-state index is 6.41. The van der Waals surface area contributed by atoms with E-state index >= 15 is 0 Å². The molecule has 9 aromatic rings. The second-order valence-corrected chi connectivity index (χ2v) is 11.3. The number of pyridine rings is 1. The van der Waals surface area contributed by atoms with Gasteiger partial charge in [0.15, 0.2) is 17.5 Å². The van der Waals surface area contributed by atoms with Crippen LogP contribution in [-0.4, -0.2) is 24.5 Å². The zero-order valence-corrected chi connectivity index (χ0v) is 24.3. The Balaban J connectivity index is 1.19. The normalized spacial score (nSPS) is 11.7. The van der Waals surface area contributed by atoms with E-state index in [-0.39, 0.29) is 0 Å². The first kappa shape index (κ1) is 25.4. The summed E-state index contributed by atoms with van der Waals surface area (Å²) in [6.45, 7) is 2.07. The van der Waals surface area contributed by atoms with Crippen LogP contribution < -0.4 is 0 Å². The average Bonchev–Trinajstić information content (AvgIpc) is 3.63. The minimum Gasteiger partial charge on any atom is -0.456 e. The fourth-order valence-electron chi connectivity index (χ4n) is 6.15. The van der Waals surface area contributed by atoms with Gasteiger partial charge in [-0.25, -0.2) is 19.9 Å². The third kappa shape index (κ3) is 4.18. The van der Waals surface area contributed by atoms with Crippen LogP contribution in [0, 0.1) is 6.92 Å². The van der Waals surface area contributed by atoms with Gasteiger partial charge in [0.2, 0.25) is 0 Å². The van der Waals surface area contributed by atoms with Crippen molar-refractivity contribution in [2.24, 2.45) is 0 Å². The highest BCUT2D eigenvalue weighted by atomic mass is 16.3. The number of rotatable bonds is 4. The van der Waals surface area contributed by atoms with E-state index in [1.54, 1.807) is 0 Å². The first-order valence-corrected chi connectivity index (χ1v) is 14.9. The maximum Gasteiger partial charge on any atom is 0.164 e. The molecule has 0 atom stereocenters. The Morgan fingerprint density at radius 3 is 2.02 bits per heavy atom. The van der Waals surface area contributed by atoms with Gasteiger partial charge in [-0.2, -0.15) is 0 Å². The number of benzene rings is 5. The molecular formula is C39H25N5O. The predicted octanol–water partition coefficient (Wildman–Crippen LogP) is 9.57. The van der Waals surface area contributed by atoms with Crippen LogP contribution in [0.4, 0.5) is 0 Å². The van der Waals surface area contributed by atoms with Gasteiger partial charge in [-0.3, -0.25) is 4.57 Å². The van der Waals surface area contributed by atoms with Crippen LogP contribution in [0.5, 0.6) is 0 Å². The predicted molar refractivity (Wildman–Crippen MR) is 180 cm³/mol. The minimum absolute atomic E-state index is 0.596. The van der Waals surface area contributed by atoms with E-state index in [4.69, 9.17) is 24.4 Å². The van der Waals surface area contributed by atoms with Crippen molar-refractivity contribution < 1.29 is 4.42 Å². The summed E-state index contributed by atoms with van der Waals surface area (Å²) in [5, 5.41) is 4.38. The number of hydrogen-bond acceptors (Lipinski definition) is 5. The van der Waals surface area contributed by atoms with Gasteiger partial charge in [0.25, 0.3) is 0 Å². The van der Waals surface area contributed by atoms with Crippen molar-refractivity contribution in [2.45, 2.75) is 6.92 Å². The molecule has 0 amide bonds. The standard InChI is InChI=1S/C39H25N5O/c1-24-13-15-26(16-14-24)37-41-36(25-8-3-2-4-9-25)42-38(43-37)27-17-19-30-32-23-28(18-20-34(32)45-35(30)22-27)44-33-12-6-5-10-29(33)31-11-7-21-40-39(31)44/h2-23H,1H3. The van der Waals surface area contributed by atoms with Gasteiger partial charge in [0, 0.05) is 50.1 Å². The maximum absolute atomic E-state index is 6.41. The average molecular weight is 580 g/mol. The fourth-order valence-corrected chi connectivity index (χ4v) is 6.15. The highest BCUT2D eigenvalue weighted by Gasteiger charge is 2.17. The van der Waals surface area contributed by atoms with Crippen molar-refractivity contribution in [1.82, 2.24) is 24.5 Å². The van der Waals surface area contributed by atoms with Crippen molar-refractivity contribution in [3.63, 3.8) is 0 Å². The molecule has 9 rings (SSSR count). The number of aromatic nitrogens is 5. The molecule has 6 nitrogen and oxygen atoms in total. The first-order chi connectivity index (χ1) is 22.2. The van der Waals surface area contributed by atoms with Gasteiger partial charge in [-0.15, -0.1) is 0 Å². The molecule has 0 bridgehead atoms. The van der Waals surface area contributed by atoms with Gasteiger partial charge in [0.1, 0.15) is 16.8 Å². The van der Waals surface area contributed by atoms with Gasteiger partial charge in [0.05, 0.1) is 5.52 Å². The molecule has 6 heteroatoms. The van der Waals surface area contributed by atoms with E-state index in [2.05, 4.69) is 90.4 Å². The lowest BCUT2D eigenvalue weighted by Gasteiger charge is -2.08. The van der Waals surface area contributed by atoms with Gasteiger partial charge >= 0.3 is 0 Å². The Bertz CT molecular complexity index is 2490. The van der Waals surface area contributed by atoms with E-state index in [0.717, 1.165) is 60.9 Å². The van der Waals surface area contributed by atoms with Crippen molar-refractivity contribution in [3.8, 4) is 39.9 Å². The molecule has 0 saturated heterocycles. The van der Waals surface area contributed by atoms with Crippen molar-refractivity contribution >= 4 is 43.9 Å². The quantitative estimate of drug-likeness (QED) is 0.208. The van der Waals surface area contributed by atoms with E-state index in [1.807, 2.05) is 54.7 Å². The number of aryl methyl sites for hydroxylation is 1. The summed E-state index contributed by atoms with van der Waals surface area (Å²) < 4.78 is 8.63. The van der Waals surface area contributed by atoms with Crippen LogP contribution in [0.1, 0.15) is 5.56 Å². The van der Waals surface area contributed by atoms with Crippen LogP contribution in [0.25, 0.3) is 83.7 Å². The number of fused-ring (bicyclic) bond motifs is 6. The van der Waals surface area contributed by atoms with Crippen LogP contribution in [-0.2, 0) is 0 Å². The Kier molecular flexibility index (Phi) is 5.62. The second kappa shape index (κ2) is 9.96. The van der Waals surface area contributed by atoms with Gasteiger partial charge in [-0.05, 0) is 55.5 Å². The molecule has 0 fully saturated rings. The Labute approximate surface area is 258 Å². The largest absolute Gasteiger partial charge is 0.456 e. The Morgan fingerprint density at radius 1 is 0.511 bits per heavy atom. The summed E-state index contributed by atoms with van der Waals surface area (Å²) in [5.41, 5.74) is 8.61. The Hall–Kier alpha value is -6.14. The lowest BCUT2D eigenvalue weighted by atomic mass is 10.1. The summed E-state index contributed by atoms with van der Waals surface area (Å²) in [6.07, 6.45) is 1.85. The lowest BCUT2D eigenvalue weighted by molar-refractivity contribution is 0.669. The van der Waals surface area contributed by atoms with Gasteiger partial charge < -0.3 is 4.42 Å². The highest BCUT2D eigenvalue weighted by Crippen LogP contribution is 2.36. The topological polar surface area (TPSA) is 69.6 Å². The third-order valence-electron chi connectivity index (χ3n) is 8.38. The Morgan fingerprint density at radius 2 is 1.20 bits per heavy atom.